The highest BCUT2D eigenvalue weighted by molar-refractivity contribution is 5.80. The van der Waals surface area contributed by atoms with Gasteiger partial charge in [-0.3, -0.25) is 4.79 Å². The lowest BCUT2D eigenvalue weighted by Gasteiger charge is -2.19. The van der Waals surface area contributed by atoms with Crippen LogP contribution in [0.3, 0.4) is 0 Å². The van der Waals surface area contributed by atoms with Crippen molar-refractivity contribution in [1.82, 2.24) is 0 Å². The summed E-state index contributed by atoms with van der Waals surface area (Å²) in [5.41, 5.74) is 9.63. The summed E-state index contributed by atoms with van der Waals surface area (Å²) >= 11 is 0. The molecule has 10 heavy (non-hydrogen) atoms. The van der Waals surface area contributed by atoms with E-state index in [4.69, 9.17) is 11.5 Å². The second kappa shape index (κ2) is 3.53. The van der Waals surface area contributed by atoms with Crippen molar-refractivity contribution in [2.24, 2.45) is 11.5 Å². The molecule has 0 saturated heterocycles. The van der Waals surface area contributed by atoms with Crippen molar-refractivity contribution in [3.63, 3.8) is 0 Å². The van der Waals surface area contributed by atoms with Gasteiger partial charge in [0.15, 0.2) is 0 Å². The van der Waals surface area contributed by atoms with Crippen LogP contribution >= 0.6 is 0 Å². The van der Waals surface area contributed by atoms with Gasteiger partial charge in [-0.25, -0.2) is 0 Å². The van der Waals surface area contributed by atoms with Crippen LogP contribution in [0, 0.1) is 0 Å². The number of ether oxygens (including phenoxy) is 1. The van der Waals surface area contributed by atoms with Crippen LogP contribution in [0.25, 0.3) is 0 Å². The van der Waals surface area contributed by atoms with Gasteiger partial charge in [0.25, 0.3) is 0 Å². The van der Waals surface area contributed by atoms with E-state index in [2.05, 4.69) is 4.74 Å². The molecule has 1 atom stereocenters. The third-order valence-electron chi connectivity index (χ3n) is 1.17. The molecule has 0 spiro atoms. The molecule has 1 unspecified atom stereocenters. The predicted octanol–water partition coefficient (Wildman–Crippen LogP) is -0.774. The molecule has 0 aliphatic carbocycles. The van der Waals surface area contributed by atoms with Crippen LogP contribution in [-0.2, 0) is 9.53 Å². The number of rotatable bonds is 3. The number of carbonyl (C=O) groups excluding carboxylic acids is 1. The highest BCUT2D eigenvalue weighted by Crippen LogP contribution is 1.98. The van der Waals surface area contributed by atoms with Gasteiger partial charge in [0, 0.05) is 6.54 Å². The Morgan fingerprint density at radius 1 is 1.70 bits per heavy atom. The Balaban J connectivity index is 3.91. The first-order valence-electron chi connectivity index (χ1n) is 3.20. The van der Waals surface area contributed by atoms with Gasteiger partial charge in [-0.1, -0.05) is 0 Å². The molecular weight excluding hydrogens is 132 g/mol. The highest BCUT2D eigenvalue weighted by atomic mass is 16.5. The van der Waals surface area contributed by atoms with Crippen molar-refractivity contribution in [2.45, 2.75) is 19.4 Å². The zero-order valence-electron chi connectivity index (χ0n) is 6.39. The van der Waals surface area contributed by atoms with Crippen LogP contribution in [0.2, 0.25) is 0 Å². The smallest absolute Gasteiger partial charge is 0.327 e. The van der Waals surface area contributed by atoms with Gasteiger partial charge in [-0.2, -0.15) is 0 Å². The number of hydrogen-bond donors (Lipinski definition) is 2. The molecule has 0 bridgehead atoms. The Hall–Kier alpha value is -0.610. The Morgan fingerprint density at radius 3 is 2.50 bits per heavy atom. The first-order chi connectivity index (χ1) is 4.54. The van der Waals surface area contributed by atoms with Gasteiger partial charge in [0.05, 0.1) is 6.61 Å². The molecule has 0 heterocycles. The standard InChI is InChI=1S/C6H14N2O2/c1-3-10-5(9)6(2,8)4-7/h3-4,7-8H2,1-2H3. The van der Waals surface area contributed by atoms with Gasteiger partial charge in [0.1, 0.15) is 5.54 Å². The number of carbonyl (C=O) groups is 1. The molecule has 0 saturated carbocycles. The average molecular weight is 146 g/mol. The maximum Gasteiger partial charge on any atom is 0.327 e. The predicted molar refractivity (Wildman–Crippen MR) is 38.3 cm³/mol. The fraction of sp³-hybridized carbons (Fsp3) is 0.833. The Kier molecular flexibility index (Phi) is 3.32. The molecule has 4 heteroatoms. The van der Waals surface area contributed by atoms with E-state index in [-0.39, 0.29) is 6.54 Å². The van der Waals surface area contributed by atoms with Gasteiger partial charge < -0.3 is 16.2 Å². The summed E-state index contributed by atoms with van der Waals surface area (Å²) in [5, 5.41) is 0. The van der Waals surface area contributed by atoms with Crippen LogP contribution < -0.4 is 11.5 Å². The highest BCUT2D eigenvalue weighted by Gasteiger charge is 2.27. The minimum atomic E-state index is -1.03. The molecule has 0 amide bonds. The number of hydrogen-bond acceptors (Lipinski definition) is 4. The molecule has 0 aliphatic rings. The van der Waals surface area contributed by atoms with Crippen LogP contribution in [0.5, 0.6) is 0 Å². The Morgan fingerprint density at radius 2 is 2.20 bits per heavy atom. The van der Waals surface area contributed by atoms with Gasteiger partial charge in [-0.05, 0) is 13.8 Å². The molecule has 0 fully saturated rings. The third-order valence-corrected chi connectivity index (χ3v) is 1.17. The fourth-order valence-electron chi connectivity index (χ4n) is 0.379. The molecule has 4 nitrogen and oxygen atoms in total. The zero-order chi connectivity index (χ0) is 8.20. The fourth-order valence-corrected chi connectivity index (χ4v) is 0.379. The normalized spacial score (nSPS) is 16.0. The molecule has 4 N–H and O–H groups in total. The van der Waals surface area contributed by atoms with E-state index >= 15 is 0 Å². The number of esters is 1. The van der Waals surface area contributed by atoms with E-state index in [1.165, 1.54) is 0 Å². The molecule has 0 aromatic heterocycles. The summed E-state index contributed by atoms with van der Waals surface area (Å²) in [5.74, 6) is -0.447. The summed E-state index contributed by atoms with van der Waals surface area (Å²) in [6.45, 7) is 3.72. The van der Waals surface area contributed by atoms with Crippen molar-refractivity contribution in [2.75, 3.05) is 13.2 Å². The van der Waals surface area contributed by atoms with Crippen molar-refractivity contribution >= 4 is 5.97 Å². The quantitative estimate of drug-likeness (QED) is 0.512. The lowest BCUT2D eigenvalue weighted by Crippen LogP contribution is -2.52. The SMILES string of the molecule is CCOC(=O)C(C)(N)CN. The summed E-state index contributed by atoms with van der Waals surface area (Å²) < 4.78 is 4.65. The zero-order valence-corrected chi connectivity index (χ0v) is 6.39. The second-order valence-electron chi connectivity index (χ2n) is 2.34. The van der Waals surface area contributed by atoms with Crippen LogP contribution in [-0.4, -0.2) is 24.7 Å². The summed E-state index contributed by atoms with van der Waals surface area (Å²) in [6, 6.07) is 0. The van der Waals surface area contributed by atoms with Gasteiger partial charge >= 0.3 is 5.97 Å². The van der Waals surface area contributed by atoms with Crippen molar-refractivity contribution in [3.05, 3.63) is 0 Å². The van der Waals surface area contributed by atoms with E-state index in [0.29, 0.717) is 6.61 Å². The van der Waals surface area contributed by atoms with Crippen molar-refractivity contribution in [1.29, 1.82) is 0 Å². The van der Waals surface area contributed by atoms with Crippen LogP contribution in [0.4, 0.5) is 0 Å². The summed E-state index contributed by atoms with van der Waals surface area (Å²) in [6.07, 6.45) is 0. The summed E-state index contributed by atoms with van der Waals surface area (Å²) in [7, 11) is 0. The lowest BCUT2D eigenvalue weighted by atomic mass is 10.1. The average Bonchev–Trinajstić information content (AvgIpc) is 1.89. The minimum Gasteiger partial charge on any atom is -0.465 e. The van der Waals surface area contributed by atoms with Crippen LogP contribution in [0.15, 0.2) is 0 Å². The minimum absolute atomic E-state index is 0.103. The van der Waals surface area contributed by atoms with E-state index in [0.717, 1.165) is 0 Å². The monoisotopic (exact) mass is 146 g/mol. The van der Waals surface area contributed by atoms with Crippen molar-refractivity contribution in [3.8, 4) is 0 Å². The largest absolute Gasteiger partial charge is 0.465 e. The first kappa shape index (κ1) is 9.39. The Bertz CT molecular complexity index is 123. The Labute approximate surface area is 60.5 Å². The van der Waals surface area contributed by atoms with E-state index in [9.17, 15) is 4.79 Å². The molecule has 60 valence electrons. The molecule has 0 radical (unpaired) electrons. The first-order valence-corrected chi connectivity index (χ1v) is 3.20. The lowest BCUT2D eigenvalue weighted by molar-refractivity contribution is -0.148. The maximum atomic E-state index is 10.9. The van der Waals surface area contributed by atoms with E-state index in [1.807, 2.05) is 0 Å². The van der Waals surface area contributed by atoms with E-state index in [1.54, 1.807) is 13.8 Å². The third kappa shape index (κ3) is 2.33. The molecule has 0 aromatic rings. The molecule has 0 aliphatic heterocycles. The summed E-state index contributed by atoms with van der Waals surface area (Å²) in [4.78, 5) is 10.9. The molecule has 0 aromatic carbocycles. The van der Waals surface area contributed by atoms with E-state index < -0.39 is 11.5 Å². The molecular formula is C6H14N2O2. The van der Waals surface area contributed by atoms with Gasteiger partial charge in [-0.15, -0.1) is 0 Å². The van der Waals surface area contributed by atoms with Gasteiger partial charge in [0.2, 0.25) is 0 Å². The second-order valence-corrected chi connectivity index (χ2v) is 2.34. The maximum absolute atomic E-state index is 10.9. The topological polar surface area (TPSA) is 78.3 Å². The number of nitrogens with two attached hydrogens (primary N) is 2. The van der Waals surface area contributed by atoms with Crippen LogP contribution in [0.1, 0.15) is 13.8 Å². The molecule has 0 rings (SSSR count). The van der Waals surface area contributed by atoms with Crippen molar-refractivity contribution < 1.29 is 9.53 Å².